The summed E-state index contributed by atoms with van der Waals surface area (Å²) in [5.74, 6) is 1.80. The molecule has 0 radical (unpaired) electrons. The summed E-state index contributed by atoms with van der Waals surface area (Å²) in [5, 5.41) is 2.98. The van der Waals surface area contributed by atoms with E-state index in [1.165, 1.54) is 11.1 Å². The van der Waals surface area contributed by atoms with E-state index in [9.17, 15) is 4.79 Å². The van der Waals surface area contributed by atoms with Crippen LogP contribution in [0.4, 0.5) is 17.3 Å². The van der Waals surface area contributed by atoms with Crippen LogP contribution < -0.4 is 15.1 Å². The second-order valence-corrected chi connectivity index (χ2v) is 8.82. The number of amides is 1. The summed E-state index contributed by atoms with van der Waals surface area (Å²) in [6, 6.07) is 14.2. The van der Waals surface area contributed by atoms with Gasteiger partial charge in [0.05, 0.1) is 23.2 Å². The van der Waals surface area contributed by atoms with Crippen LogP contribution in [0.3, 0.4) is 0 Å². The summed E-state index contributed by atoms with van der Waals surface area (Å²) in [6.45, 7) is 8.91. The smallest absolute Gasteiger partial charge is 0.221 e. The Labute approximate surface area is 188 Å². The Morgan fingerprint density at radius 3 is 2.28 bits per heavy atom. The molecule has 0 spiro atoms. The number of nitrogens with zero attached hydrogens (tertiary/aromatic N) is 4. The molecule has 1 N–H and O–H groups in total. The van der Waals surface area contributed by atoms with Crippen LogP contribution in [0.5, 0.6) is 0 Å². The van der Waals surface area contributed by atoms with Gasteiger partial charge in [0.1, 0.15) is 0 Å². The predicted octanol–water partition coefficient (Wildman–Crippen LogP) is 3.76. The van der Waals surface area contributed by atoms with Crippen LogP contribution in [0.1, 0.15) is 31.9 Å². The normalized spacial score (nSPS) is 20.8. The molecule has 0 bridgehead atoms. The quantitative estimate of drug-likeness (QED) is 0.681. The SMILES string of the molecule is CC(=O)Nc1cccc2c1CCN(c1nc3ccccc3nc1N1C[C@@H](C)O[C@@H](C)C1)C2. The molecule has 0 aliphatic carbocycles. The van der Waals surface area contributed by atoms with E-state index in [2.05, 4.69) is 35.0 Å². The maximum absolute atomic E-state index is 11.6. The molecule has 166 valence electrons. The van der Waals surface area contributed by atoms with Gasteiger partial charge < -0.3 is 19.9 Å². The molecule has 3 aromatic rings. The molecule has 0 saturated carbocycles. The number of hydrogen-bond acceptors (Lipinski definition) is 6. The molecule has 3 heterocycles. The van der Waals surface area contributed by atoms with Crippen LogP contribution in [0.25, 0.3) is 11.0 Å². The second kappa shape index (κ2) is 8.39. The number of hydrogen-bond donors (Lipinski definition) is 1. The Balaban J connectivity index is 1.54. The van der Waals surface area contributed by atoms with Gasteiger partial charge in [-0.25, -0.2) is 9.97 Å². The topological polar surface area (TPSA) is 70.6 Å². The van der Waals surface area contributed by atoms with E-state index in [1.54, 1.807) is 6.92 Å². The molecule has 7 heteroatoms. The predicted molar refractivity (Wildman–Crippen MR) is 127 cm³/mol. The van der Waals surface area contributed by atoms with Gasteiger partial charge in [0.15, 0.2) is 11.6 Å². The molecular weight excluding hydrogens is 402 g/mol. The van der Waals surface area contributed by atoms with Crippen molar-refractivity contribution in [3.8, 4) is 0 Å². The number of benzene rings is 2. The highest BCUT2D eigenvalue weighted by atomic mass is 16.5. The lowest BCUT2D eigenvalue weighted by Gasteiger charge is -2.39. The van der Waals surface area contributed by atoms with Crippen molar-refractivity contribution in [1.82, 2.24) is 9.97 Å². The number of morpholine rings is 1. The third-order valence-electron chi connectivity index (χ3n) is 6.13. The van der Waals surface area contributed by atoms with Crippen molar-refractivity contribution in [1.29, 1.82) is 0 Å². The van der Waals surface area contributed by atoms with Crippen molar-refractivity contribution in [3.05, 3.63) is 53.6 Å². The van der Waals surface area contributed by atoms with Gasteiger partial charge in [-0.2, -0.15) is 0 Å². The van der Waals surface area contributed by atoms with Gasteiger partial charge in [-0.3, -0.25) is 4.79 Å². The van der Waals surface area contributed by atoms with Crippen molar-refractivity contribution < 1.29 is 9.53 Å². The van der Waals surface area contributed by atoms with Crippen molar-refractivity contribution in [3.63, 3.8) is 0 Å². The molecule has 32 heavy (non-hydrogen) atoms. The van der Waals surface area contributed by atoms with Crippen LogP contribution in [0, 0.1) is 0 Å². The fourth-order valence-corrected chi connectivity index (χ4v) is 4.85. The molecule has 5 rings (SSSR count). The third kappa shape index (κ3) is 4.00. The minimum absolute atomic E-state index is 0.0425. The Kier molecular flexibility index (Phi) is 5.43. The van der Waals surface area contributed by atoms with E-state index in [0.29, 0.717) is 0 Å². The molecule has 2 atom stereocenters. The molecular formula is C25H29N5O2. The zero-order valence-electron chi connectivity index (χ0n) is 18.8. The monoisotopic (exact) mass is 431 g/mol. The van der Waals surface area contributed by atoms with Gasteiger partial charge >= 0.3 is 0 Å². The summed E-state index contributed by atoms with van der Waals surface area (Å²) >= 11 is 0. The highest BCUT2D eigenvalue weighted by Gasteiger charge is 2.29. The first-order valence-electron chi connectivity index (χ1n) is 11.3. The van der Waals surface area contributed by atoms with Crippen molar-refractivity contribution >= 4 is 34.3 Å². The van der Waals surface area contributed by atoms with Gasteiger partial charge in [0.2, 0.25) is 5.91 Å². The number of carbonyl (C=O) groups excluding carboxylic acids is 1. The molecule has 1 aromatic heterocycles. The first-order valence-corrected chi connectivity index (χ1v) is 11.3. The van der Waals surface area contributed by atoms with Crippen LogP contribution >= 0.6 is 0 Å². The number of aromatic nitrogens is 2. The van der Waals surface area contributed by atoms with Crippen LogP contribution in [0.15, 0.2) is 42.5 Å². The standard InChI is InChI=1S/C25H29N5O2/c1-16-13-30(14-17(2)32-16)25-24(27-22-8-4-5-9-23(22)28-25)29-12-11-20-19(15-29)7-6-10-21(20)26-18(3)31/h4-10,16-17H,11-15H2,1-3H3,(H,26,31)/t16-,17+. The van der Waals surface area contributed by atoms with E-state index < -0.39 is 0 Å². The zero-order valence-corrected chi connectivity index (χ0v) is 18.8. The van der Waals surface area contributed by atoms with Crippen molar-refractivity contribution in [2.75, 3.05) is 34.8 Å². The van der Waals surface area contributed by atoms with Gasteiger partial charge in [0.25, 0.3) is 0 Å². The van der Waals surface area contributed by atoms with Gasteiger partial charge in [-0.1, -0.05) is 24.3 Å². The molecule has 1 fully saturated rings. The summed E-state index contributed by atoms with van der Waals surface area (Å²) < 4.78 is 5.96. The van der Waals surface area contributed by atoms with E-state index in [1.807, 2.05) is 36.4 Å². The average Bonchev–Trinajstić information content (AvgIpc) is 2.77. The molecule has 0 unspecified atom stereocenters. The van der Waals surface area contributed by atoms with Crippen molar-refractivity contribution in [2.24, 2.45) is 0 Å². The first kappa shape index (κ1) is 20.7. The minimum Gasteiger partial charge on any atom is -0.372 e. The van der Waals surface area contributed by atoms with E-state index in [-0.39, 0.29) is 18.1 Å². The van der Waals surface area contributed by atoms with E-state index in [4.69, 9.17) is 14.7 Å². The minimum atomic E-state index is -0.0425. The van der Waals surface area contributed by atoms with Crippen LogP contribution in [-0.4, -0.2) is 47.7 Å². The Hall–Kier alpha value is -3.19. The number of carbonyl (C=O) groups is 1. The lowest BCUT2D eigenvalue weighted by molar-refractivity contribution is -0.114. The molecule has 1 amide bonds. The summed E-state index contributed by atoms with van der Waals surface area (Å²) in [4.78, 5) is 26.4. The highest BCUT2D eigenvalue weighted by Crippen LogP contribution is 2.35. The second-order valence-electron chi connectivity index (χ2n) is 8.82. The number of fused-ring (bicyclic) bond motifs is 2. The van der Waals surface area contributed by atoms with Crippen molar-refractivity contribution in [2.45, 2.75) is 45.9 Å². The number of ether oxygens (including phenoxy) is 1. The Morgan fingerprint density at radius 1 is 0.969 bits per heavy atom. The molecule has 2 aliphatic rings. The fourth-order valence-electron chi connectivity index (χ4n) is 4.85. The fraction of sp³-hybridized carbons (Fsp3) is 0.400. The van der Waals surface area contributed by atoms with Crippen LogP contribution in [0.2, 0.25) is 0 Å². The van der Waals surface area contributed by atoms with Gasteiger partial charge in [-0.05, 0) is 49.6 Å². The molecule has 1 saturated heterocycles. The maximum atomic E-state index is 11.6. The number of para-hydroxylation sites is 2. The Bertz CT molecular complexity index is 1150. The number of rotatable bonds is 3. The average molecular weight is 432 g/mol. The lowest BCUT2D eigenvalue weighted by Crippen LogP contribution is -2.46. The molecule has 2 aromatic carbocycles. The van der Waals surface area contributed by atoms with Gasteiger partial charge in [-0.15, -0.1) is 0 Å². The third-order valence-corrected chi connectivity index (χ3v) is 6.13. The van der Waals surface area contributed by atoms with E-state index >= 15 is 0 Å². The number of nitrogens with one attached hydrogen (secondary N) is 1. The highest BCUT2D eigenvalue weighted by molar-refractivity contribution is 5.90. The largest absolute Gasteiger partial charge is 0.372 e. The zero-order chi connectivity index (χ0) is 22.2. The summed E-state index contributed by atoms with van der Waals surface area (Å²) in [5.41, 5.74) is 5.15. The van der Waals surface area contributed by atoms with E-state index in [0.717, 1.165) is 61.0 Å². The Morgan fingerprint density at radius 2 is 1.62 bits per heavy atom. The molecule has 7 nitrogen and oxygen atoms in total. The van der Waals surface area contributed by atoms with Gasteiger partial charge in [0, 0.05) is 38.8 Å². The van der Waals surface area contributed by atoms with Crippen LogP contribution in [-0.2, 0) is 22.5 Å². The number of anilines is 3. The summed E-state index contributed by atoms with van der Waals surface area (Å²) in [6.07, 6.45) is 1.12. The first-order chi connectivity index (χ1) is 15.5. The maximum Gasteiger partial charge on any atom is 0.221 e. The summed E-state index contributed by atoms with van der Waals surface area (Å²) in [7, 11) is 0. The lowest BCUT2D eigenvalue weighted by atomic mass is 9.97. The molecule has 2 aliphatic heterocycles.